The molecule has 58 heavy (non-hydrogen) atoms. The van der Waals surface area contributed by atoms with Crippen LogP contribution in [0, 0.1) is 10.8 Å². The second-order valence-electron chi connectivity index (χ2n) is 15.1. The summed E-state index contributed by atoms with van der Waals surface area (Å²) in [6, 6.07) is -1.40. The van der Waals surface area contributed by atoms with Crippen molar-refractivity contribution >= 4 is 57.3 Å². The number of nitrogens with zero attached hydrogens (tertiary/aromatic N) is 1. The van der Waals surface area contributed by atoms with Crippen LogP contribution in [-0.2, 0) is 53.1 Å². The number of amidine groups is 1. The fraction of sp³-hybridized carbons (Fsp3) is 0.771. The van der Waals surface area contributed by atoms with Crippen LogP contribution in [0.25, 0.3) is 0 Å². The topological polar surface area (TPSA) is 341 Å². The molecule has 0 aliphatic carbocycles. The number of carboxylic acids is 1. The van der Waals surface area contributed by atoms with E-state index in [1.165, 1.54) is 0 Å². The van der Waals surface area contributed by atoms with Crippen molar-refractivity contribution in [2.75, 3.05) is 58.4 Å². The Morgan fingerprint density at radius 2 is 1.33 bits per heavy atom. The summed E-state index contributed by atoms with van der Waals surface area (Å²) in [5.74, 6) is 6.25. The first-order chi connectivity index (χ1) is 27.1. The number of hydrazone groups is 1. The maximum atomic E-state index is 12.6. The van der Waals surface area contributed by atoms with Gasteiger partial charge >= 0.3 is 5.97 Å². The summed E-state index contributed by atoms with van der Waals surface area (Å²) in [4.78, 5) is 84.1. The predicted octanol–water partition coefficient (Wildman–Crippen LogP) is -1.79. The van der Waals surface area contributed by atoms with E-state index in [0.717, 1.165) is 6.42 Å². The third-order valence-electron chi connectivity index (χ3n) is 8.04. The standard InChI is InChI=1S/C35H66N10O12S/c1-6-13-38-31(50)22-41-32(51)23-57-18-17-56-16-15-40-27(46)9-7-14-39-28(47)12-11-25(33(52)53)42-29(48)10-8-19-58(54,55)45-30(49)21-35(4,5)24-34(2,3)20-26(43-36)44-37/h25H,6-24,36-37H2,1-5H3,(H,38,50)(H,39,47)(H,40,46)(H,41,51)(H,42,48)(H,43,44)(H,45,49)(H,52,53). The number of nitrogens with one attached hydrogen (secondary N) is 7. The van der Waals surface area contributed by atoms with Gasteiger partial charge in [0.05, 0.1) is 32.1 Å². The van der Waals surface area contributed by atoms with Gasteiger partial charge in [0, 0.05) is 51.7 Å². The van der Waals surface area contributed by atoms with Crippen LogP contribution >= 0.6 is 0 Å². The Balaban J connectivity index is 4.27. The molecule has 0 bridgehead atoms. The summed E-state index contributed by atoms with van der Waals surface area (Å²) in [6.45, 7) is 10.5. The van der Waals surface area contributed by atoms with Crippen molar-refractivity contribution in [2.24, 2.45) is 27.6 Å². The Labute approximate surface area is 340 Å². The number of ether oxygens (including phenoxy) is 2. The van der Waals surface area contributed by atoms with E-state index < -0.39 is 56.8 Å². The molecular formula is C35H66N10O12S. The molecule has 12 N–H and O–H groups in total. The highest BCUT2D eigenvalue weighted by molar-refractivity contribution is 7.90. The van der Waals surface area contributed by atoms with Gasteiger partial charge in [-0.1, -0.05) is 34.6 Å². The highest BCUT2D eigenvalue weighted by atomic mass is 32.2. The minimum absolute atomic E-state index is 0.102. The lowest BCUT2D eigenvalue weighted by atomic mass is 9.71. The molecule has 0 aliphatic heterocycles. The molecule has 0 aromatic heterocycles. The van der Waals surface area contributed by atoms with Gasteiger partial charge in [-0.25, -0.2) is 19.1 Å². The average Bonchev–Trinajstić information content (AvgIpc) is 3.11. The molecule has 334 valence electrons. The predicted molar refractivity (Wildman–Crippen MR) is 214 cm³/mol. The number of carbonyl (C=O) groups excluding carboxylic acids is 6. The van der Waals surface area contributed by atoms with Crippen molar-refractivity contribution in [3.8, 4) is 0 Å². The normalized spacial score (nSPS) is 12.5. The summed E-state index contributed by atoms with van der Waals surface area (Å²) in [5.41, 5.74) is 1.43. The lowest BCUT2D eigenvalue weighted by Crippen LogP contribution is -2.42. The van der Waals surface area contributed by atoms with E-state index in [0.29, 0.717) is 31.6 Å². The van der Waals surface area contributed by atoms with E-state index in [4.69, 9.17) is 21.2 Å². The van der Waals surface area contributed by atoms with Crippen LogP contribution in [-0.4, -0.2) is 125 Å². The number of hydrazine groups is 1. The monoisotopic (exact) mass is 850 g/mol. The van der Waals surface area contributed by atoms with Crippen LogP contribution in [0.15, 0.2) is 5.10 Å². The van der Waals surface area contributed by atoms with Gasteiger partial charge in [0.2, 0.25) is 45.5 Å². The van der Waals surface area contributed by atoms with Gasteiger partial charge in [0.15, 0.2) is 0 Å². The van der Waals surface area contributed by atoms with E-state index in [-0.39, 0.29) is 102 Å². The van der Waals surface area contributed by atoms with Crippen LogP contribution in [0.3, 0.4) is 0 Å². The molecule has 0 rings (SSSR count). The quantitative estimate of drug-likeness (QED) is 0.0117. The first kappa shape index (κ1) is 53.4. The van der Waals surface area contributed by atoms with Crippen molar-refractivity contribution in [3.63, 3.8) is 0 Å². The Bertz CT molecular complexity index is 1480. The van der Waals surface area contributed by atoms with E-state index >= 15 is 0 Å². The molecule has 0 saturated carbocycles. The molecule has 0 fully saturated rings. The summed E-state index contributed by atoms with van der Waals surface area (Å²) in [7, 11) is -4.08. The molecule has 0 heterocycles. The highest BCUT2D eigenvalue weighted by Gasteiger charge is 2.33. The van der Waals surface area contributed by atoms with Crippen molar-refractivity contribution in [3.05, 3.63) is 0 Å². The van der Waals surface area contributed by atoms with Gasteiger partial charge in [0.25, 0.3) is 0 Å². The molecule has 1 atom stereocenters. The Morgan fingerprint density at radius 3 is 1.97 bits per heavy atom. The molecule has 0 radical (unpaired) electrons. The first-order valence-corrected chi connectivity index (χ1v) is 20.8. The van der Waals surface area contributed by atoms with Crippen molar-refractivity contribution < 1.29 is 56.6 Å². The molecule has 0 saturated heterocycles. The molecule has 0 aromatic rings. The summed E-state index contributed by atoms with van der Waals surface area (Å²) < 4.78 is 37.6. The second-order valence-corrected chi connectivity index (χ2v) is 17.0. The molecule has 6 amide bonds. The molecule has 0 spiro atoms. The van der Waals surface area contributed by atoms with Crippen molar-refractivity contribution in [1.29, 1.82) is 0 Å². The summed E-state index contributed by atoms with van der Waals surface area (Å²) in [5, 5.41) is 25.7. The van der Waals surface area contributed by atoms with E-state index in [1.54, 1.807) is 0 Å². The maximum absolute atomic E-state index is 12.6. The third kappa shape index (κ3) is 28.7. The summed E-state index contributed by atoms with van der Waals surface area (Å²) in [6.07, 6.45) is 1.03. The Morgan fingerprint density at radius 1 is 0.724 bits per heavy atom. The number of aliphatic carboxylic acids is 1. The number of carboxylic acid groups (broad SMARTS) is 1. The van der Waals surface area contributed by atoms with Crippen molar-refractivity contribution in [2.45, 2.75) is 105 Å². The zero-order chi connectivity index (χ0) is 44.2. The van der Waals surface area contributed by atoms with Gasteiger partial charge in [-0.05, 0) is 42.9 Å². The molecule has 0 aliphatic rings. The fourth-order valence-corrected chi connectivity index (χ4v) is 6.83. The number of hydrogen-bond acceptors (Lipinski definition) is 14. The minimum Gasteiger partial charge on any atom is -0.480 e. The number of hydrogen-bond donors (Lipinski definition) is 10. The summed E-state index contributed by atoms with van der Waals surface area (Å²) >= 11 is 0. The Hall–Kier alpha value is -4.61. The molecule has 1 unspecified atom stereocenters. The minimum atomic E-state index is -4.08. The largest absolute Gasteiger partial charge is 0.480 e. The average molecular weight is 851 g/mol. The van der Waals surface area contributed by atoms with Gasteiger partial charge in [0.1, 0.15) is 18.5 Å². The van der Waals surface area contributed by atoms with Crippen LogP contribution in [0.2, 0.25) is 0 Å². The van der Waals surface area contributed by atoms with Gasteiger partial charge < -0.3 is 52.4 Å². The molecule has 0 aromatic carbocycles. The number of sulfonamides is 1. The second kappa shape index (κ2) is 28.7. The number of carbonyl (C=O) groups is 7. The highest BCUT2D eigenvalue weighted by Crippen LogP contribution is 2.38. The lowest BCUT2D eigenvalue weighted by Gasteiger charge is -2.34. The smallest absolute Gasteiger partial charge is 0.326 e. The fourth-order valence-electron chi connectivity index (χ4n) is 5.78. The zero-order valence-corrected chi connectivity index (χ0v) is 35.3. The Kier molecular flexibility index (Phi) is 26.5. The van der Waals surface area contributed by atoms with Crippen LogP contribution in [0.4, 0.5) is 0 Å². The molecular weight excluding hydrogens is 785 g/mol. The lowest BCUT2D eigenvalue weighted by molar-refractivity contribution is -0.142. The van der Waals surface area contributed by atoms with E-state index in [1.807, 2.05) is 39.3 Å². The van der Waals surface area contributed by atoms with E-state index in [9.17, 15) is 47.1 Å². The number of amides is 6. The van der Waals surface area contributed by atoms with Crippen LogP contribution < -0.4 is 48.4 Å². The van der Waals surface area contributed by atoms with Gasteiger partial charge in [-0.3, -0.25) is 33.5 Å². The van der Waals surface area contributed by atoms with Crippen LogP contribution in [0.5, 0.6) is 0 Å². The van der Waals surface area contributed by atoms with E-state index in [2.05, 4.69) is 37.1 Å². The first-order valence-electron chi connectivity index (χ1n) is 19.1. The number of nitrogens with two attached hydrogens (primary N) is 2. The zero-order valence-electron chi connectivity index (χ0n) is 34.5. The molecule has 22 nitrogen and oxygen atoms in total. The third-order valence-corrected chi connectivity index (χ3v) is 9.40. The van der Waals surface area contributed by atoms with Gasteiger partial charge in [-0.2, -0.15) is 5.10 Å². The van der Waals surface area contributed by atoms with Gasteiger partial charge in [-0.15, -0.1) is 0 Å². The van der Waals surface area contributed by atoms with Crippen LogP contribution in [0.1, 0.15) is 98.8 Å². The number of rotatable bonds is 32. The van der Waals surface area contributed by atoms with Crippen molar-refractivity contribution in [1.82, 2.24) is 36.7 Å². The molecule has 23 heteroatoms. The SMILES string of the molecule is CCCNC(=O)CNC(=O)COCCOCCNC(=O)CCCNC(=O)CCC(NC(=O)CCCS(=O)(=O)NC(=O)CC(C)(C)CC(C)(C)C/C(=N/N)NN)C(=O)O. The maximum Gasteiger partial charge on any atom is 0.326 e.